The molecule has 1 saturated heterocycles. The Kier molecular flexibility index (Phi) is 3.41. The topological polar surface area (TPSA) is 52.6 Å². The number of carboxylic acid groups (broad SMARTS) is 1. The summed E-state index contributed by atoms with van der Waals surface area (Å²) in [6.07, 6.45) is -3.96. The van der Waals surface area contributed by atoms with Crippen LogP contribution in [0.1, 0.15) is 6.42 Å². The molecular weight excluding hydrogens is 182 g/mol. The van der Waals surface area contributed by atoms with Crippen molar-refractivity contribution in [2.24, 2.45) is 0 Å². The molecule has 0 aliphatic carbocycles. The predicted octanol–water partition coefficient (Wildman–Crippen LogP) is 0.593. The van der Waals surface area contributed by atoms with Gasteiger partial charge in [0.25, 0.3) is 0 Å². The first-order valence-electron chi connectivity index (χ1n) is 4.09. The average Bonchev–Trinajstić information content (AvgIpc) is 2.03. The molecular formula is C7H12F2N2O2. The zero-order chi connectivity index (χ0) is 9.84. The molecule has 1 atom stereocenters. The maximum atomic E-state index is 12.0. The van der Waals surface area contributed by atoms with Gasteiger partial charge in [0, 0.05) is 26.1 Å². The Bertz CT molecular complexity index is 189. The third-order valence-corrected chi connectivity index (χ3v) is 2.05. The number of hydrogen-bond donors (Lipinski definition) is 2. The van der Waals surface area contributed by atoms with Crippen LogP contribution in [0.5, 0.6) is 0 Å². The average molecular weight is 194 g/mol. The number of nitrogens with one attached hydrogen (secondary N) is 1. The Morgan fingerprint density at radius 1 is 1.69 bits per heavy atom. The van der Waals surface area contributed by atoms with Gasteiger partial charge in [-0.2, -0.15) is 0 Å². The van der Waals surface area contributed by atoms with Crippen LogP contribution in [0, 0.1) is 0 Å². The van der Waals surface area contributed by atoms with E-state index in [1.54, 1.807) is 0 Å². The summed E-state index contributed by atoms with van der Waals surface area (Å²) in [4.78, 5) is 11.7. The molecule has 2 N–H and O–H groups in total. The number of piperazine rings is 1. The van der Waals surface area contributed by atoms with Gasteiger partial charge in [0.1, 0.15) is 0 Å². The van der Waals surface area contributed by atoms with Crippen molar-refractivity contribution in [2.75, 3.05) is 19.6 Å². The summed E-state index contributed by atoms with van der Waals surface area (Å²) >= 11 is 0. The highest BCUT2D eigenvalue weighted by Gasteiger charge is 2.28. The van der Waals surface area contributed by atoms with Gasteiger partial charge < -0.3 is 15.3 Å². The minimum atomic E-state index is -2.45. The summed E-state index contributed by atoms with van der Waals surface area (Å²) in [5.74, 6) is 0. The van der Waals surface area contributed by atoms with E-state index in [-0.39, 0.29) is 13.0 Å². The van der Waals surface area contributed by atoms with Crippen LogP contribution in [0.4, 0.5) is 13.6 Å². The maximum absolute atomic E-state index is 12.0. The first kappa shape index (κ1) is 10.2. The zero-order valence-corrected chi connectivity index (χ0v) is 7.04. The number of rotatable bonds is 2. The zero-order valence-electron chi connectivity index (χ0n) is 7.04. The van der Waals surface area contributed by atoms with Crippen LogP contribution < -0.4 is 5.32 Å². The minimum absolute atomic E-state index is 0.284. The second-order valence-corrected chi connectivity index (χ2v) is 2.96. The normalized spacial score (nSPS) is 23.6. The van der Waals surface area contributed by atoms with E-state index in [1.807, 2.05) is 0 Å². The molecule has 0 bridgehead atoms. The highest BCUT2D eigenvalue weighted by molar-refractivity contribution is 5.65. The quantitative estimate of drug-likeness (QED) is 0.676. The Morgan fingerprint density at radius 2 is 2.38 bits per heavy atom. The molecule has 1 heterocycles. The molecule has 1 amide bonds. The Balaban J connectivity index is 2.51. The summed E-state index contributed by atoms with van der Waals surface area (Å²) in [5, 5.41) is 11.6. The highest BCUT2D eigenvalue weighted by atomic mass is 19.3. The summed E-state index contributed by atoms with van der Waals surface area (Å²) in [7, 11) is 0. The van der Waals surface area contributed by atoms with Crippen LogP contribution in [0.15, 0.2) is 0 Å². The van der Waals surface area contributed by atoms with E-state index in [9.17, 15) is 13.6 Å². The van der Waals surface area contributed by atoms with Crippen LogP contribution in [0.3, 0.4) is 0 Å². The largest absolute Gasteiger partial charge is 0.465 e. The minimum Gasteiger partial charge on any atom is -0.465 e. The summed E-state index contributed by atoms with van der Waals surface area (Å²) < 4.78 is 24.0. The van der Waals surface area contributed by atoms with E-state index in [1.165, 1.54) is 0 Å². The predicted molar refractivity (Wildman–Crippen MR) is 42.0 cm³/mol. The van der Waals surface area contributed by atoms with E-state index >= 15 is 0 Å². The van der Waals surface area contributed by atoms with Crippen molar-refractivity contribution in [2.45, 2.75) is 18.9 Å². The number of hydrogen-bond acceptors (Lipinski definition) is 2. The molecule has 6 heteroatoms. The fourth-order valence-corrected chi connectivity index (χ4v) is 1.43. The fourth-order valence-electron chi connectivity index (χ4n) is 1.43. The lowest BCUT2D eigenvalue weighted by Gasteiger charge is -2.33. The first-order valence-corrected chi connectivity index (χ1v) is 4.09. The molecule has 4 nitrogen and oxygen atoms in total. The number of alkyl halides is 2. The van der Waals surface area contributed by atoms with Gasteiger partial charge in [-0.15, -0.1) is 0 Å². The van der Waals surface area contributed by atoms with E-state index < -0.39 is 18.6 Å². The van der Waals surface area contributed by atoms with Gasteiger partial charge in [0.2, 0.25) is 6.43 Å². The number of nitrogens with zero attached hydrogens (tertiary/aromatic N) is 1. The maximum Gasteiger partial charge on any atom is 0.407 e. The van der Waals surface area contributed by atoms with Crippen molar-refractivity contribution >= 4 is 6.09 Å². The Labute approximate surface area is 74.5 Å². The molecule has 1 fully saturated rings. The lowest BCUT2D eigenvalue weighted by molar-refractivity contribution is 0.0653. The molecule has 0 aromatic rings. The number of halogens is 2. The Hall–Kier alpha value is -0.910. The summed E-state index contributed by atoms with van der Waals surface area (Å²) in [6, 6.07) is -0.591. The van der Waals surface area contributed by atoms with E-state index in [4.69, 9.17) is 5.11 Å². The van der Waals surface area contributed by atoms with Crippen molar-refractivity contribution in [3.05, 3.63) is 0 Å². The van der Waals surface area contributed by atoms with Crippen LogP contribution in [0.2, 0.25) is 0 Å². The van der Waals surface area contributed by atoms with Crippen molar-refractivity contribution in [3.8, 4) is 0 Å². The van der Waals surface area contributed by atoms with Crippen molar-refractivity contribution in [1.29, 1.82) is 0 Å². The molecule has 76 valence electrons. The van der Waals surface area contributed by atoms with E-state index in [2.05, 4.69) is 5.32 Å². The van der Waals surface area contributed by atoms with Gasteiger partial charge in [-0.05, 0) is 0 Å². The van der Waals surface area contributed by atoms with E-state index in [0.29, 0.717) is 13.1 Å². The molecule has 1 aliphatic rings. The van der Waals surface area contributed by atoms with E-state index in [0.717, 1.165) is 4.90 Å². The molecule has 0 radical (unpaired) electrons. The molecule has 0 aromatic heterocycles. The number of amides is 1. The summed E-state index contributed by atoms with van der Waals surface area (Å²) in [6.45, 7) is 1.13. The van der Waals surface area contributed by atoms with Gasteiger partial charge in [-0.3, -0.25) is 0 Å². The molecule has 13 heavy (non-hydrogen) atoms. The number of carbonyl (C=O) groups is 1. The molecule has 1 unspecified atom stereocenters. The third kappa shape index (κ3) is 2.80. The van der Waals surface area contributed by atoms with Gasteiger partial charge in [0.15, 0.2) is 0 Å². The lowest BCUT2D eigenvalue weighted by atomic mass is 10.1. The smallest absolute Gasteiger partial charge is 0.407 e. The molecule has 0 spiro atoms. The first-order chi connectivity index (χ1) is 6.11. The Morgan fingerprint density at radius 3 is 2.92 bits per heavy atom. The lowest BCUT2D eigenvalue weighted by Crippen LogP contribution is -2.53. The summed E-state index contributed by atoms with van der Waals surface area (Å²) in [5.41, 5.74) is 0. The van der Waals surface area contributed by atoms with Crippen molar-refractivity contribution < 1.29 is 18.7 Å². The van der Waals surface area contributed by atoms with Crippen LogP contribution >= 0.6 is 0 Å². The molecule has 1 aliphatic heterocycles. The van der Waals surface area contributed by atoms with Crippen LogP contribution in [0.25, 0.3) is 0 Å². The van der Waals surface area contributed by atoms with Gasteiger partial charge >= 0.3 is 6.09 Å². The monoisotopic (exact) mass is 194 g/mol. The van der Waals surface area contributed by atoms with Crippen LogP contribution in [-0.4, -0.2) is 48.2 Å². The molecule has 1 rings (SSSR count). The molecule has 0 saturated carbocycles. The SMILES string of the molecule is O=C(O)N1CCNCC1CC(F)F. The standard InChI is InChI=1S/C7H12F2N2O2/c8-6(9)3-5-4-10-1-2-11(5)7(12)13/h5-6,10H,1-4H2,(H,12,13). The fraction of sp³-hybridized carbons (Fsp3) is 0.857. The molecule has 0 aromatic carbocycles. The second-order valence-electron chi connectivity index (χ2n) is 2.96. The van der Waals surface area contributed by atoms with Gasteiger partial charge in [-0.25, -0.2) is 13.6 Å². The highest BCUT2D eigenvalue weighted by Crippen LogP contribution is 2.12. The van der Waals surface area contributed by atoms with Crippen molar-refractivity contribution in [1.82, 2.24) is 10.2 Å². The van der Waals surface area contributed by atoms with Crippen molar-refractivity contribution in [3.63, 3.8) is 0 Å². The third-order valence-electron chi connectivity index (χ3n) is 2.05. The second kappa shape index (κ2) is 4.36. The van der Waals surface area contributed by atoms with Gasteiger partial charge in [-0.1, -0.05) is 0 Å². The van der Waals surface area contributed by atoms with Crippen LogP contribution in [-0.2, 0) is 0 Å². The van der Waals surface area contributed by atoms with Gasteiger partial charge in [0.05, 0.1) is 6.04 Å².